The van der Waals surface area contributed by atoms with E-state index in [0.717, 1.165) is 18.4 Å². The highest BCUT2D eigenvalue weighted by Gasteiger charge is 2.34. The molecule has 1 aromatic rings. The minimum absolute atomic E-state index is 0.0180. The van der Waals surface area contributed by atoms with E-state index in [1.165, 1.54) is 19.3 Å². The third kappa shape index (κ3) is 2.48. The molecule has 1 nitrogen and oxygen atoms in total. The molecule has 17 heavy (non-hydrogen) atoms. The summed E-state index contributed by atoms with van der Waals surface area (Å²) < 4.78 is 12.6. The Morgan fingerprint density at radius 1 is 1.24 bits per heavy atom. The molecule has 1 fully saturated rings. The fourth-order valence-electron chi connectivity index (χ4n) is 2.88. The van der Waals surface area contributed by atoms with Gasteiger partial charge in [-0.25, -0.2) is 4.39 Å². The van der Waals surface area contributed by atoms with Crippen LogP contribution in [0.3, 0.4) is 0 Å². The molecule has 1 aliphatic carbocycles. The molecule has 0 radical (unpaired) electrons. The molecule has 0 atom stereocenters. The number of benzene rings is 1. The lowest BCUT2D eigenvalue weighted by atomic mass is 9.69. The smallest absolute Gasteiger partial charge is 0.115 e. The van der Waals surface area contributed by atoms with Crippen LogP contribution >= 0.6 is 11.6 Å². The molecule has 2 N–H and O–H groups in total. The molecule has 0 spiro atoms. The van der Waals surface area contributed by atoms with Crippen LogP contribution in [-0.2, 0) is 12.1 Å². The number of hydrogen-bond donors (Lipinski definition) is 1. The van der Waals surface area contributed by atoms with Crippen LogP contribution in [0, 0.1) is 0 Å². The van der Waals surface area contributed by atoms with Gasteiger partial charge in [-0.05, 0) is 30.0 Å². The van der Waals surface area contributed by atoms with Crippen LogP contribution in [0.5, 0.6) is 0 Å². The Labute approximate surface area is 107 Å². The highest BCUT2D eigenvalue weighted by Crippen LogP contribution is 2.41. The molecule has 3 heteroatoms. The fraction of sp³-hybridized carbons (Fsp3) is 0.571. The van der Waals surface area contributed by atoms with E-state index in [0.29, 0.717) is 17.1 Å². The zero-order valence-electron chi connectivity index (χ0n) is 10.0. The summed E-state index contributed by atoms with van der Waals surface area (Å²) in [5.74, 6) is 0. The van der Waals surface area contributed by atoms with Crippen LogP contribution in [0.4, 0.5) is 4.39 Å². The van der Waals surface area contributed by atoms with Crippen molar-refractivity contribution in [3.63, 3.8) is 0 Å². The number of hydrogen-bond acceptors (Lipinski definition) is 1. The first-order valence-corrected chi connectivity index (χ1v) is 6.64. The van der Waals surface area contributed by atoms with Gasteiger partial charge in [0.15, 0.2) is 0 Å². The van der Waals surface area contributed by atoms with Crippen LogP contribution < -0.4 is 5.73 Å². The van der Waals surface area contributed by atoms with Gasteiger partial charge in [0.25, 0.3) is 0 Å². The van der Waals surface area contributed by atoms with Gasteiger partial charge in [0.1, 0.15) is 6.67 Å². The predicted molar refractivity (Wildman–Crippen MR) is 70.1 cm³/mol. The standard InChI is InChI=1S/C14H19ClFN/c15-13-8-11(9-16)4-5-12(13)14(10-17)6-2-1-3-7-14/h4-5,8H,1-3,6-7,9-10,17H2. The number of halogens is 2. The van der Waals surface area contributed by atoms with E-state index < -0.39 is 6.67 Å². The largest absolute Gasteiger partial charge is 0.330 e. The van der Waals surface area contributed by atoms with Crippen molar-refractivity contribution in [2.75, 3.05) is 6.54 Å². The first kappa shape index (κ1) is 12.8. The Bertz CT molecular complexity index is 386. The average Bonchev–Trinajstić information content (AvgIpc) is 2.39. The Balaban J connectivity index is 2.36. The van der Waals surface area contributed by atoms with Gasteiger partial charge < -0.3 is 5.73 Å². The first-order chi connectivity index (χ1) is 8.22. The highest BCUT2D eigenvalue weighted by molar-refractivity contribution is 6.31. The Hall–Kier alpha value is -0.600. The third-order valence-electron chi connectivity index (χ3n) is 3.96. The van der Waals surface area contributed by atoms with Crippen molar-refractivity contribution in [1.82, 2.24) is 0 Å². The lowest BCUT2D eigenvalue weighted by Gasteiger charge is -2.37. The quantitative estimate of drug-likeness (QED) is 0.869. The van der Waals surface area contributed by atoms with Crippen LogP contribution in [0.1, 0.15) is 43.2 Å². The van der Waals surface area contributed by atoms with Gasteiger partial charge in [0.2, 0.25) is 0 Å². The molecule has 94 valence electrons. The second kappa shape index (κ2) is 5.36. The summed E-state index contributed by atoms with van der Waals surface area (Å²) in [7, 11) is 0. The van der Waals surface area contributed by atoms with Gasteiger partial charge in [-0.2, -0.15) is 0 Å². The highest BCUT2D eigenvalue weighted by atomic mass is 35.5. The van der Waals surface area contributed by atoms with E-state index in [9.17, 15) is 4.39 Å². The van der Waals surface area contributed by atoms with E-state index in [4.69, 9.17) is 17.3 Å². The zero-order valence-corrected chi connectivity index (χ0v) is 10.8. The van der Waals surface area contributed by atoms with E-state index in [-0.39, 0.29) is 5.41 Å². The van der Waals surface area contributed by atoms with E-state index in [1.54, 1.807) is 6.07 Å². The molecule has 0 aromatic heterocycles. The molecular weight excluding hydrogens is 237 g/mol. The van der Waals surface area contributed by atoms with Crippen molar-refractivity contribution in [2.45, 2.75) is 44.2 Å². The van der Waals surface area contributed by atoms with Crippen molar-refractivity contribution in [3.05, 3.63) is 34.3 Å². The molecule has 0 heterocycles. The molecule has 1 saturated carbocycles. The Kier molecular flexibility index (Phi) is 4.05. The summed E-state index contributed by atoms with van der Waals surface area (Å²) in [5, 5.41) is 0.674. The lowest BCUT2D eigenvalue weighted by molar-refractivity contribution is 0.301. The van der Waals surface area contributed by atoms with Crippen LogP contribution in [-0.4, -0.2) is 6.54 Å². The zero-order chi connectivity index (χ0) is 12.3. The third-order valence-corrected chi connectivity index (χ3v) is 4.27. The van der Waals surface area contributed by atoms with Crippen molar-refractivity contribution in [1.29, 1.82) is 0 Å². The van der Waals surface area contributed by atoms with Crippen molar-refractivity contribution in [2.24, 2.45) is 5.73 Å². The summed E-state index contributed by atoms with van der Waals surface area (Å²) in [6.45, 7) is 0.164. The maximum Gasteiger partial charge on any atom is 0.115 e. The maximum atomic E-state index is 12.6. The molecule has 2 rings (SSSR count). The monoisotopic (exact) mass is 255 g/mol. The van der Waals surface area contributed by atoms with Gasteiger partial charge in [-0.1, -0.05) is 43.0 Å². The van der Waals surface area contributed by atoms with Gasteiger partial charge in [0.05, 0.1) is 0 Å². The van der Waals surface area contributed by atoms with E-state index in [1.807, 2.05) is 12.1 Å². The summed E-state index contributed by atoms with van der Waals surface area (Å²) in [4.78, 5) is 0. The van der Waals surface area contributed by atoms with E-state index >= 15 is 0 Å². The maximum absolute atomic E-state index is 12.6. The molecule has 0 aliphatic heterocycles. The van der Waals surface area contributed by atoms with Crippen LogP contribution in [0.2, 0.25) is 5.02 Å². The minimum atomic E-state index is -0.463. The lowest BCUT2D eigenvalue weighted by Crippen LogP contribution is -2.37. The van der Waals surface area contributed by atoms with Crippen molar-refractivity contribution < 1.29 is 4.39 Å². The van der Waals surface area contributed by atoms with Crippen LogP contribution in [0.25, 0.3) is 0 Å². The van der Waals surface area contributed by atoms with Gasteiger partial charge in [0, 0.05) is 17.0 Å². The molecule has 0 saturated heterocycles. The molecule has 1 aliphatic rings. The molecular formula is C14H19ClFN. The van der Waals surface area contributed by atoms with Gasteiger partial charge >= 0.3 is 0 Å². The summed E-state index contributed by atoms with van der Waals surface area (Å²) >= 11 is 6.29. The second-order valence-corrected chi connectivity index (χ2v) is 5.40. The van der Waals surface area contributed by atoms with Crippen molar-refractivity contribution in [3.8, 4) is 0 Å². The van der Waals surface area contributed by atoms with Gasteiger partial charge in [-0.3, -0.25) is 0 Å². The summed E-state index contributed by atoms with van der Waals surface area (Å²) in [5.41, 5.74) is 7.75. The Morgan fingerprint density at radius 2 is 1.94 bits per heavy atom. The molecule has 0 bridgehead atoms. The second-order valence-electron chi connectivity index (χ2n) is 4.99. The first-order valence-electron chi connectivity index (χ1n) is 6.27. The van der Waals surface area contributed by atoms with Crippen molar-refractivity contribution >= 4 is 11.6 Å². The predicted octanol–water partition coefficient (Wildman–Crippen LogP) is 3.97. The van der Waals surface area contributed by atoms with Gasteiger partial charge in [-0.15, -0.1) is 0 Å². The number of alkyl halides is 1. The van der Waals surface area contributed by atoms with E-state index in [2.05, 4.69) is 0 Å². The summed E-state index contributed by atoms with van der Waals surface area (Å²) in [6, 6.07) is 5.53. The van der Waals surface area contributed by atoms with Crippen LogP contribution in [0.15, 0.2) is 18.2 Å². The SMILES string of the molecule is NCC1(c2ccc(CF)cc2Cl)CCCCC1. The minimum Gasteiger partial charge on any atom is -0.330 e. The molecule has 1 aromatic carbocycles. The average molecular weight is 256 g/mol. The summed E-state index contributed by atoms with van der Waals surface area (Å²) in [6.07, 6.45) is 5.88. The normalized spacial score (nSPS) is 19.2. The molecule has 0 unspecified atom stereocenters. The fourth-order valence-corrected chi connectivity index (χ4v) is 3.29. The number of rotatable bonds is 3. The number of nitrogens with two attached hydrogens (primary N) is 1. The Morgan fingerprint density at radius 3 is 2.47 bits per heavy atom. The topological polar surface area (TPSA) is 26.0 Å². The molecule has 0 amide bonds.